The summed E-state index contributed by atoms with van der Waals surface area (Å²) < 4.78 is 29.2. The van der Waals surface area contributed by atoms with Crippen molar-refractivity contribution in [3.63, 3.8) is 0 Å². The molecule has 0 unspecified atom stereocenters. The Kier molecular flexibility index (Phi) is 4.64. The van der Waals surface area contributed by atoms with Crippen LogP contribution in [-0.4, -0.2) is 21.2 Å². The van der Waals surface area contributed by atoms with E-state index in [-0.39, 0.29) is 4.90 Å². The highest BCUT2D eigenvalue weighted by molar-refractivity contribution is 7.89. The fraction of sp³-hybridized carbons (Fsp3) is 0.214. The zero-order valence-electron chi connectivity index (χ0n) is 12.0. The Labute approximate surface area is 128 Å². The maximum atomic E-state index is 12.1. The van der Waals surface area contributed by atoms with Gasteiger partial charge in [0.25, 0.3) is 10.0 Å². The van der Waals surface area contributed by atoms with Crippen LogP contribution in [0.15, 0.2) is 46.4 Å². The summed E-state index contributed by atoms with van der Waals surface area (Å²) in [5.74, 6) is 0.600. The predicted octanol–water partition coefficient (Wildman–Crippen LogP) is 2.77. The van der Waals surface area contributed by atoms with Gasteiger partial charge in [-0.25, -0.2) is 0 Å². The molecule has 0 amide bonds. The number of nitrogens with one attached hydrogen (secondary N) is 1. The Morgan fingerprint density at radius 3 is 2.38 bits per heavy atom. The smallest absolute Gasteiger partial charge is 0.276 e. The maximum absolute atomic E-state index is 12.1. The van der Waals surface area contributed by atoms with Crippen LogP contribution in [-0.2, 0) is 10.0 Å². The monoisotopic (exact) mass is 324 g/mol. The topological polar surface area (TPSA) is 67.8 Å². The van der Waals surface area contributed by atoms with E-state index in [4.69, 9.17) is 4.74 Å². The Bertz CT molecular complexity index is 747. The Hall–Kier alpha value is -1.86. The van der Waals surface area contributed by atoms with Crippen molar-refractivity contribution in [1.82, 2.24) is 4.83 Å². The van der Waals surface area contributed by atoms with Crippen molar-refractivity contribution in [3.8, 4) is 5.75 Å². The molecule has 0 saturated heterocycles. The van der Waals surface area contributed by atoms with Crippen molar-refractivity contribution in [1.29, 1.82) is 0 Å². The van der Waals surface area contributed by atoms with E-state index in [1.807, 2.05) is 19.1 Å². The zero-order valence-corrected chi connectivity index (χ0v) is 13.6. The van der Waals surface area contributed by atoms with Crippen LogP contribution in [0, 0.1) is 6.92 Å². The standard InChI is InChI=1S/C14H16N2O3S2/c1-10-4-9-14(20-10)11(2)15-16-21(17,18)13-7-5-12(19-3)6-8-13/h4-9,16H,1-3H3/b15-11-. The number of aryl methyl sites for hydroxylation is 1. The third-order valence-corrected chi connectivity index (χ3v) is 5.13. The molecule has 112 valence electrons. The number of hydrazone groups is 1. The summed E-state index contributed by atoms with van der Waals surface area (Å²) in [6.07, 6.45) is 0. The molecule has 7 heteroatoms. The number of sulfonamides is 1. The number of methoxy groups -OCH3 is 1. The van der Waals surface area contributed by atoms with Gasteiger partial charge in [0.05, 0.1) is 22.6 Å². The van der Waals surface area contributed by atoms with Crippen LogP contribution in [0.2, 0.25) is 0 Å². The van der Waals surface area contributed by atoms with Crippen molar-refractivity contribution in [2.45, 2.75) is 18.7 Å². The quantitative estimate of drug-likeness (QED) is 0.679. The number of hydrogen-bond donors (Lipinski definition) is 1. The molecule has 1 N–H and O–H groups in total. The first-order valence-corrected chi connectivity index (χ1v) is 8.49. The minimum Gasteiger partial charge on any atom is -0.497 e. The molecule has 0 aliphatic rings. The highest BCUT2D eigenvalue weighted by atomic mass is 32.2. The molecule has 0 spiro atoms. The Balaban J connectivity index is 2.17. The number of nitrogens with zero attached hydrogens (tertiary/aromatic N) is 1. The van der Waals surface area contributed by atoms with Crippen LogP contribution in [0.25, 0.3) is 0 Å². The van der Waals surface area contributed by atoms with Crippen molar-refractivity contribution >= 4 is 27.1 Å². The van der Waals surface area contributed by atoms with E-state index < -0.39 is 10.0 Å². The Morgan fingerprint density at radius 1 is 1.19 bits per heavy atom. The fourth-order valence-electron chi connectivity index (χ4n) is 1.62. The van der Waals surface area contributed by atoms with E-state index in [0.29, 0.717) is 11.5 Å². The highest BCUT2D eigenvalue weighted by Crippen LogP contribution is 2.17. The molecule has 2 aromatic rings. The van der Waals surface area contributed by atoms with Crippen LogP contribution in [0.5, 0.6) is 5.75 Å². The largest absolute Gasteiger partial charge is 0.497 e. The highest BCUT2D eigenvalue weighted by Gasteiger charge is 2.13. The van der Waals surface area contributed by atoms with Crippen LogP contribution in [0.1, 0.15) is 16.7 Å². The lowest BCUT2D eigenvalue weighted by atomic mass is 10.3. The summed E-state index contributed by atoms with van der Waals surface area (Å²) in [5, 5.41) is 3.96. The number of hydrogen-bond acceptors (Lipinski definition) is 5. The van der Waals surface area contributed by atoms with Crippen LogP contribution in [0.3, 0.4) is 0 Å². The first-order valence-electron chi connectivity index (χ1n) is 6.19. The van der Waals surface area contributed by atoms with Gasteiger partial charge in [0.1, 0.15) is 5.75 Å². The number of benzene rings is 1. The molecule has 21 heavy (non-hydrogen) atoms. The molecule has 2 rings (SSSR count). The van der Waals surface area contributed by atoms with E-state index in [2.05, 4.69) is 9.93 Å². The second-order valence-corrected chi connectivity index (χ2v) is 7.33. The molecule has 0 bridgehead atoms. The number of rotatable bonds is 5. The molecule has 1 heterocycles. The van der Waals surface area contributed by atoms with Gasteiger partial charge < -0.3 is 4.74 Å². The normalized spacial score (nSPS) is 12.2. The van der Waals surface area contributed by atoms with Gasteiger partial charge in [0.15, 0.2) is 0 Å². The lowest BCUT2D eigenvalue weighted by Crippen LogP contribution is -2.19. The maximum Gasteiger partial charge on any atom is 0.276 e. The predicted molar refractivity (Wildman–Crippen MR) is 84.6 cm³/mol. The summed E-state index contributed by atoms with van der Waals surface area (Å²) in [6, 6.07) is 10.0. The van der Waals surface area contributed by atoms with Crippen molar-refractivity contribution in [2.24, 2.45) is 5.10 Å². The lowest BCUT2D eigenvalue weighted by molar-refractivity contribution is 0.414. The zero-order chi connectivity index (χ0) is 15.5. The first kappa shape index (κ1) is 15.5. The van der Waals surface area contributed by atoms with Gasteiger partial charge in [-0.3, -0.25) is 0 Å². The molecule has 1 aromatic heterocycles. The van der Waals surface area contributed by atoms with E-state index in [9.17, 15) is 8.42 Å². The molecule has 0 aliphatic carbocycles. The van der Waals surface area contributed by atoms with E-state index in [0.717, 1.165) is 9.75 Å². The second kappa shape index (κ2) is 6.28. The van der Waals surface area contributed by atoms with Gasteiger partial charge in [-0.2, -0.15) is 18.4 Å². The number of thiophene rings is 1. The van der Waals surface area contributed by atoms with Crippen molar-refractivity contribution in [3.05, 3.63) is 46.2 Å². The molecule has 0 radical (unpaired) electrons. The summed E-state index contributed by atoms with van der Waals surface area (Å²) in [6.45, 7) is 3.75. The molecule has 5 nitrogen and oxygen atoms in total. The van der Waals surface area contributed by atoms with Gasteiger partial charge in [-0.15, -0.1) is 11.3 Å². The van der Waals surface area contributed by atoms with Gasteiger partial charge in [0.2, 0.25) is 0 Å². The van der Waals surface area contributed by atoms with Crippen LogP contribution in [0.4, 0.5) is 0 Å². The first-order chi connectivity index (χ1) is 9.92. The van der Waals surface area contributed by atoms with Crippen LogP contribution >= 0.6 is 11.3 Å². The average molecular weight is 324 g/mol. The van der Waals surface area contributed by atoms with Crippen molar-refractivity contribution in [2.75, 3.05) is 7.11 Å². The summed E-state index contributed by atoms with van der Waals surface area (Å²) >= 11 is 1.57. The molecule has 0 saturated carbocycles. The van der Waals surface area contributed by atoms with Crippen LogP contribution < -0.4 is 9.57 Å². The third kappa shape index (κ3) is 3.83. The van der Waals surface area contributed by atoms with E-state index in [1.165, 1.54) is 19.2 Å². The molecule has 0 aliphatic heterocycles. The van der Waals surface area contributed by atoms with Crippen molar-refractivity contribution < 1.29 is 13.2 Å². The fourth-order valence-corrected chi connectivity index (χ4v) is 3.29. The Morgan fingerprint density at radius 2 is 1.86 bits per heavy atom. The molecule has 0 fully saturated rings. The minimum atomic E-state index is -3.67. The molecular weight excluding hydrogens is 308 g/mol. The van der Waals surface area contributed by atoms with Gasteiger partial charge in [0, 0.05) is 4.88 Å². The van der Waals surface area contributed by atoms with E-state index >= 15 is 0 Å². The van der Waals surface area contributed by atoms with Gasteiger partial charge in [-0.1, -0.05) is 0 Å². The molecule has 1 aromatic carbocycles. The minimum absolute atomic E-state index is 0.141. The average Bonchev–Trinajstić information content (AvgIpc) is 2.91. The van der Waals surface area contributed by atoms with E-state index in [1.54, 1.807) is 30.4 Å². The molecular formula is C14H16N2O3S2. The summed E-state index contributed by atoms with van der Waals surface area (Å²) in [4.78, 5) is 4.47. The number of ether oxygens (including phenoxy) is 1. The molecule has 0 atom stereocenters. The second-order valence-electron chi connectivity index (χ2n) is 4.38. The van der Waals surface area contributed by atoms with Gasteiger partial charge in [-0.05, 0) is 50.2 Å². The third-order valence-electron chi connectivity index (χ3n) is 2.80. The summed E-state index contributed by atoms with van der Waals surface area (Å²) in [7, 11) is -2.14. The summed E-state index contributed by atoms with van der Waals surface area (Å²) in [5.41, 5.74) is 0.630. The lowest BCUT2D eigenvalue weighted by Gasteiger charge is -2.05. The van der Waals surface area contributed by atoms with Gasteiger partial charge >= 0.3 is 0 Å². The SMILES string of the molecule is COc1ccc(S(=O)(=O)N/N=C(/C)c2ccc(C)s2)cc1.